The smallest absolute Gasteiger partial charge is 0.205 e. The van der Waals surface area contributed by atoms with E-state index in [1.807, 2.05) is 28.9 Å². The Kier molecular flexibility index (Phi) is 6.65. The van der Waals surface area contributed by atoms with Crippen LogP contribution < -0.4 is 23.7 Å². The number of methoxy groups -OCH3 is 4. The summed E-state index contributed by atoms with van der Waals surface area (Å²) in [4.78, 5) is 5.17. The van der Waals surface area contributed by atoms with Crippen molar-refractivity contribution in [3.05, 3.63) is 64.3 Å². The van der Waals surface area contributed by atoms with Gasteiger partial charge in [-0.2, -0.15) is 5.10 Å². The molecule has 0 aliphatic carbocycles. The van der Waals surface area contributed by atoms with Crippen LogP contribution in [0.15, 0.2) is 64.0 Å². The first-order chi connectivity index (χ1) is 16.1. The van der Waals surface area contributed by atoms with Crippen molar-refractivity contribution in [2.45, 2.75) is 0 Å². The molecule has 7 nitrogen and oxygen atoms in total. The molecule has 0 saturated heterocycles. The van der Waals surface area contributed by atoms with Gasteiger partial charge < -0.3 is 18.9 Å². The Bertz CT molecular complexity index is 1360. The van der Waals surface area contributed by atoms with Gasteiger partial charge >= 0.3 is 0 Å². The monoisotopic (exact) mass is 463 g/mol. The number of hydrogen-bond acceptors (Lipinski definition) is 7. The highest BCUT2D eigenvalue weighted by Gasteiger charge is 2.13. The minimum Gasteiger partial charge on any atom is -0.497 e. The van der Waals surface area contributed by atoms with Crippen LogP contribution in [-0.4, -0.2) is 46.4 Å². The number of aromatic nitrogens is 1. The highest BCUT2D eigenvalue weighted by Crippen LogP contribution is 2.37. The summed E-state index contributed by atoms with van der Waals surface area (Å²) < 4.78 is 23.5. The molecule has 1 heterocycles. The molecule has 4 rings (SSSR count). The van der Waals surface area contributed by atoms with E-state index >= 15 is 0 Å². The molecular formula is C25H25N3O4S. The van der Waals surface area contributed by atoms with E-state index in [0.717, 1.165) is 38.1 Å². The first-order valence-corrected chi connectivity index (χ1v) is 11.1. The zero-order chi connectivity index (χ0) is 23.4. The molecule has 0 radical (unpaired) electrons. The summed E-state index contributed by atoms with van der Waals surface area (Å²) in [5.41, 5.74) is 2.80. The molecular weight excluding hydrogens is 438 g/mol. The fraction of sp³-hybridized carbons (Fsp3) is 0.200. The van der Waals surface area contributed by atoms with Crippen LogP contribution in [-0.2, 0) is 0 Å². The van der Waals surface area contributed by atoms with E-state index in [1.165, 1.54) is 11.3 Å². The molecule has 0 N–H and O–H groups in total. The van der Waals surface area contributed by atoms with Crippen LogP contribution >= 0.6 is 11.3 Å². The molecule has 0 aliphatic rings. The van der Waals surface area contributed by atoms with E-state index in [9.17, 15) is 0 Å². The molecule has 0 aliphatic heterocycles. The molecule has 3 aromatic carbocycles. The van der Waals surface area contributed by atoms with E-state index in [2.05, 4.69) is 34.6 Å². The Balaban J connectivity index is 1.77. The Hall–Kier alpha value is -3.78. The number of benzene rings is 3. The number of thiazole rings is 1. The van der Waals surface area contributed by atoms with Crippen LogP contribution in [0.1, 0.15) is 5.56 Å². The van der Waals surface area contributed by atoms with Gasteiger partial charge in [-0.1, -0.05) is 18.2 Å². The quantitative estimate of drug-likeness (QED) is 0.369. The van der Waals surface area contributed by atoms with Crippen molar-refractivity contribution in [3.8, 4) is 34.3 Å². The lowest BCUT2D eigenvalue weighted by Crippen LogP contribution is -2.11. The van der Waals surface area contributed by atoms with Gasteiger partial charge in [-0.15, -0.1) is 11.3 Å². The Labute approximate surface area is 196 Å². The number of nitrogens with zero attached hydrogens (tertiary/aromatic N) is 3. The maximum absolute atomic E-state index is 5.45. The van der Waals surface area contributed by atoms with Crippen molar-refractivity contribution in [2.24, 2.45) is 10.1 Å². The number of hydrogen-bond donors (Lipinski definition) is 0. The molecule has 170 valence electrons. The first kappa shape index (κ1) is 22.4. The second-order valence-electron chi connectivity index (χ2n) is 7.07. The molecule has 8 heteroatoms. The van der Waals surface area contributed by atoms with Gasteiger partial charge in [-0.25, -0.2) is 4.68 Å². The number of rotatable bonds is 7. The summed E-state index contributed by atoms with van der Waals surface area (Å²) in [5.74, 6) is 2.51. The molecule has 0 spiro atoms. The highest BCUT2D eigenvalue weighted by atomic mass is 32.1. The molecule has 1 aromatic heterocycles. The van der Waals surface area contributed by atoms with Crippen molar-refractivity contribution >= 4 is 28.3 Å². The van der Waals surface area contributed by atoms with E-state index < -0.39 is 0 Å². The Morgan fingerprint density at radius 1 is 0.818 bits per heavy atom. The number of fused-ring (bicyclic) bond motifs is 1. The first-order valence-electron chi connectivity index (χ1n) is 10.2. The summed E-state index contributed by atoms with van der Waals surface area (Å²) in [5, 5.41) is 9.02. The molecule has 33 heavy (non-hydrogen) atoms. The van der Waals surface area contributed by atoms with Crippen molar-refractivity contribution in [2.75, 3.05) is 35.5 Å². The van der Waals surface area contributed by atoms with Crippen LogP contribution in [0.2, 0.25) is 0 Å². The van der Waals surface area contributed by atoms with Crippen LogP contribution in [0.3, 0.4) is 0 Å². The third-order valence-corrected chi connectivity index (χ3v) is 6.14. The Morgan fingerprint density at radius 3 is 2.15 bits per heavy atom. The molecule has 0 amide bonds. The van der Waals surface area contributed by atoms with Gasteiger partial charge in [0.2, 0.25) is 10.6 Å². The SMILES string of the molecule is CN=c1scc(-c2ccc3cc(OC)ccc3c2)n1N=Cc1cc(OC)c(OC)c(OC)c1. The highest BCUT2D eigenvalue weighted by molar-refractivity contribution is 7.07. The van der Waals surface area contributed by atoms with Gasteiger partial charge in [-0.3, -0.25) is 4.99 Å². The molecule has 0 bridgehead atoms. The average molecular weight is 464 g/mol. The third kappa shape index (κ3) is 4.42. The summed E-state index contributed by atoms with van der Waals surface area (Å²) in [6, 6.07) is 16.0. The van der Waals surface area contributed by atoms with Crippen LogP contribution in [0.4, 0.5) is 0 Å². The summed E-state index contributed by atoms with van der Waals surface area (Å²) in [7, 11) is 8.19. The second-order valence-corrected chi connectivity index (χ2v) is 7.91. The van der Waals surface area contributed by atoms with Crippen LogP contribution in [0.25, 0.3) is 22.0 Å². The minimum absolute atomic E-state index is 0.540. The molecule has 0 unspecified atom stereocenters. The van der Waals surface area contributed by atoms with Gasteiger partial charge in [0, 0.05) is 23.6 Å². The maximum atomic E-state index is 5.45. The largest absolute Gasteiger partial charge is 0.497 e. The zero-order valence-corrected chi connectivity index (χ0v) is 20.0. The van der Waals surface area contributed by atoms with E-state index in [-0.39, 0.29) is 0 Å². The maximum Gasteiger partial charge on any atom is 0.205 e. The van der Waals surface area contributed by atoms with Gasteiger partial charge in [-0.05, 0) is 41.1 Å². The van der Waals surface area contributed by atoms with Gasteiger partial charge in [0.15, 0.2) is 11.5 Å². The van der Waals surface area contributed by atoms with Crippen molar-refractivity contribution in [1.29, 1.82) is 0 Å². The minimum atomic E-state index is 0.540. The van der Waals surface area contributed by atoms with Crippen molar-refractivity contribution < 1.29 is 18.9 Å². The van der Waals surface area contributed by atoms with Gasteiger partial charge in [0.05, 0.1) is 40.3 Å². The summed E-state index contributed by atoms with van der Waals surface area (Å²) >= 11 is 1.53. The molecule has 0 saturated carbocycles. The third-order valence-electron chi connectivity index (χ3n) is 5.23. The van der Waals surface area contributed by atoms with Gasteiger partial charge in [0.25, 0.3) is 0 Å². The second kappa shape index (κ2) is 9.79. The molecule has 4 aromatic rings. The van der Waals surface area contributed by atoms with E-state index in [4.69, 9.17) is 24.0 Å². The van der Waals surface area contributed by atoms with E-state index in [0.29, 0.717) is 17.2 Å². The van der Waals surface area contributed by atoms with Crippen LogP contribution in [0.5, 0.6) is 23.0 Å². The predicted molar refractivity (Wildman–Crippen MR) is 132 cm³/mol. The fourth-order valence-electron chi connectivity index (χ4n) is 3.57. The van der Waals surface area contributed by atoms with E-state index in [1.54, 1.807) is 41.7 Å². The zero-order valence-electron chi connectivity index (χ0n) is 19.2. The number of ether oxygens (including phenoxy) is 4. The molecule has 0 fully saturated rings. The normalized spacial score (nSPS) is 11.8. The molecule has 0 atom stereocenters. The fourth-order valence-corrected chi connectivity index (χ4v) is 4.37. The topological polar surface area (TPSA) is 66.6 Å². The van der Waals surface area contributed by atoms with Gasteiger partial charge in [0.1, 0.15) is 5.75 Å². The van der Waals surface area contributed by atoms with Crippen molar-refractivity contribution in [1.82, 2.24) is 4.68 Å². The van der Waals surface area contributed by atoms with Crippen LogP contribution in [0, 0.1) is 0 Å². The lowest BCUT2D eigenvalue weighted by atomic mass is 10.1. The van der Waals surface area contributed by atoms with Crippen molar-refractivity contribution in [3.63, 3.8) is 0 Å². The average Bonchev–Trinajstić information content (AvgIpc) is 3.28. The predicted octanol–water partition coefficient (Wildman–Crippen LogP) is 4.82. The standard InChI is InChI=1S/C25H25N3O4S/c1-26-25-28(27-14-16-10-22(30-3)24(32-5)23(11-16)31-4)21(15-33-25)19-7-6-18-13-20(29-2)9-8-17(18)12-19/h6-15H,1-5H3. The lowest BCUT2D eigenvalue weighted by Gasteiger charge is -2.12. The summed E-state index contributed by atoms with van der Waals surface area (Å²) in [6.45, 7) is 0. The lowest BCUT2D eigenvalue weighted by molar-refractivity contribution is 0.324. The Morgan fingerprint density at radius 2 is 1.52 bits per heavy atom. The summed E-state index contributed by atoms with van der Waals surface area (Å²) in [6.07, 6.45) is 1.75.